The number of carbonyl (C=O) groups is 1. The summed E-state index contributed by atoms with van der Waals surface area (Å²) in [5, 5.41) is 0. The number of rotatable bonds is 3. The molecule has 2 aliphatic rings. The Morgan fingerprint density at radius 3 is 2.50 bits per heavy atom. The van der Waals surface area contributed by atoms with Crippen molar-refractivity contribution in [2.45, 2.75) is 31.7 Å². The van der Waals surface area contributed by atoms with Crippen molar-refractivity contribution in [3.8, 4) is 0 Å². The predicted molar refractivity (Wildman–Crippen MR) is 46.5 cm³/mol. The molecular formula is C9H16N2O. The van der Waals surface area contributed by atoms with Crippen LogP contribution in [0.25, 0.3) is 0 Å². The Hall–Kier alpha value is -0.570. The fourth-order valence-corrected chi connectivity index (χ4v) is 1.66. The molecule has 0 unspecified atom stereocenters. The summed E-state index contributed by atoms with van der Waals surface area (Å²) < 4.78 is 0. The summed E-state index contributed by atoms with van der Waals surface area (Å²) in [4.78, 5) is 13.7. The number of carbonyl (C=O) groups excluding carboxylic acids is 1. The lowest BCUT2D eigenvalue weighted by molar-refractivity contribution is -0.135. The van der Waals surface area contributed by atoms with E-state index in [4.69, 9.17) is 5.73 Å². The van der Waals surface area contributed by atoms with Crippen LogP contribution in [0.5, 0.6) is 0 Å². The molecular weight excluding hydrogens is 152 g/mol. The predicted octanol–water partition coefficient (Wildman–Crippen LogP) is 0.346. The second-order valence-corrected chi connectivity index (χ2v) is 4.13. The van der Waals surface area contributed by atoms with Gasteiger partial charge >= 0.3 is 0 Å². The Labute approximate surface area is 72.9 Å². The van der Waals surface area contributed by atoms with E-state index in [-0.39, 0.29) is 11.3 Å². The van der Waals surface area contributed by atoms with Crippen LogP contribution in [0, 0.1) is 5.41 Å². The van der Waals surface area contributed by atoms with E-state index >= 15 is 0 Å². The fourth-order valence-electron chi connectivity index (χ4n) is 1.66. The largest absolute Gasteiger partial charge is 0.342 e. The summed E-state index contributed by atoms with van der Waals surface area (Å²) in [7, 11) is 1.91. The van der Waals surface area contributed by atoms with E-state index in [0.717, 1.165) is 12.8 Å². The van der Waals surface area contributed by atoms with Gasteiger partial charge in [-0.3, -0.25) is 4.79 Å². The first-order valence-electron chi connectivity index (χ1n) is 4.67. The van der Waals surface area contributed by atoms with Crippen LogP contribution in [-0.4, -0.2) is 30.4 Å². The molecule has 3 heteroatoms. The van der Waals surface area contributed by atoms with Crippen LogP contribution in [0.3, 0.4) is 0 Å². The Kier molecular flexibility index (Phi) is 1.65. The first kappa shape index (κ1) is 8.05. The van der Waals surface area contributed by atoms with Crippen molar-refractivity contribution < 1.29 is 4.79 Å². The van der Waals surface area contributed by atoms with Gasteiger partial charge in [-0.2, -0.15) is 0 Å². The molecule has 1 amide bonds. The minimum absolute atomic E-state index is 0.142. The number of amides is 1. The molecule has 12 heavy (non-hydrogen) atoms. The Balaban J connectivity index is 1.98. The van der Waals surface area contributed by atoms with Crippen molar-refractivity contribution in [3.63, 3.8) is 0 Å². The third-order valence-electron chi connectivity index (χ3n) is 3.11. The molecule has 0 saturated heterocycles. The minimum atomic E-state index is -0.142. The third kappa shape index (κ3) is 1.12. The SMILES string of the molecule is CN(C(=O)C1(CN)CC1)C1CC1. The van der Waals surface area contributed by atoms with E-state index in [2.05, 4.69) is 0 Å². The van der Waals surface area contributed by atoms with Gasteiger partial charge < -0.3 is 10.6 Å². The Morgan fingerprint density at radius 2 is 2.17 bits per heavy atom. The maximum atomic E-state index is 11.8. The second kappa shape index (κ2) is 2.46. The summed E-state index contributed by atoms with van der Waals surface area (Å²) in [6.07, 6.45) is 4.37. The van der Waals surface area contributed by atoms with Crippen LogP contribution in [0.4, 0.5) is 0 Å². The van der Waals surface area contributed by atoms with Gasteiger partial charge in [0.25, 0.3) is 0 Å². The van der Waals surface area contributed by atoms with Gasteiger partial charge in [-0.1, -0.05) is 0 Å². The van der Waals surface area contributed by atoms with Crippen molar-refractivity contribution in [3.05, 3.63) is 0 Å². The highest BCUT2D eigenvalue weighted by Crippen LogP contribution is 2.47. The summed E-state index contributed by atoms with van der Waals surface area (Å²) >= 11 is 0. The first-order valence-corrected chi connectivity index (χ1v) is 4.67. The third-order valence-corrected chi connectivity index (χ3v) is 3.11. The molecule has 2 rings (SSSR count). The van der Waals surface area contributed by atoms with E-state index in [0.29, 0.717) is 12.6 Å². The van der Waals surface area contributed by atoms with Crippen molar-refractivity contribution in [1.82, 2.24) is 4.90 Å². The molecule has 0 aliphatic heterocycles. The zero-order valence-electron chi connectivity index (χ0n) is 7.55. The summed E-state index contributed by atoms with van der Waals surface area (Å²) in [5.74, 6) is 0.285. The van der Waals surface area contributed by atoms with E-state index in [1.54, 1.807) is 0 Å². The molecule has 0 bridgehead atoms. The average Bonchev–Trinajstić information content (AvgIpc) is 2.93. The molecule has 2 fully saturated rings. The lowest BCUT2D eigenvalue weighted by Gasteiger charge is -2.21. The van der Waals surface area contributed by atoms with Crippen LogP contribution >= 0.6 is 0 Å². The molecule has 2 aliphatic carbocycles. The topological polar surface area (TPSA) is 46.3 Å². The Bertz CT molecular complexity index is 207. The molecule has 2 saturated carbocycles. The van der Waals surface area contributed by atoms with E-state index in [9.17, 15) is 4.79 Å². The minimum Gasteiger partial charge on any atom is -0.342 e. The van der Waals surface area contributed by atoms with Gasteiger partial charge in [0, 0.05) is 19.6 Å². The van der Waals surface area contributed by atoms with Crippen molar-refractivity contribution in [2.75, 3.05) is 13.6 Å². The van der Waals surface area contributed by atoms with Gasteiger partial charge in [0.15, 0.2) is 0 Å². The van der Waals surface area contributed by atoms with Gasteiger partial charge in [-0.25, -0.2) is 0 Å². The standard InChI is InChI=1S/C9H16N2O/c1-11(7-2-3-7)8(12)9(6-10)4-5-9/h7H,2-6,10H2,1H3. The van der Waals surface area contributed by atoms with Gasteiger partial charge in [0.2, 0.25) is 5.91 Å². The second-order valence-electron chi connectivity index (χ2n) is 4.13. The number of nitrogens with two attached hydrogens (primary N) is 1. The van der Waals surface area contributed by atoms with Gasteiger partial charge in [0.1, 0.15) is 0 Å². The van der Waals surface area contributed by atoms with Gasteiger partial charge in [-0.05, 0) is 25.7 Å². The zero-order valence-corrected chi connectivity index (χ0v) is 7.55. The molecule has 0 aromatic carbocycles. The highest BCUT2D eigenvalue weighted by atomic mass is 16.2. The van der Waals surface area contributed by atoms with Crippen LogP contribution in [-0.2, 0) is 4.79 Å². The lowest BCUT2D eigenvalue weighted by Crippen LogP contribution is -2.39. The first-order chi connectivity index (χ1) is 5.69. The smallest absolute Gasteiger partial charge is 0.230 e. The number of hydrogen-bond acceptors (Lipinski definition) is 2. The monoisotopic (exact) mass is 168 g/mol. The van der Waals surface area contributed by atoms with Crippen LogP contribution in [0.15, 0.2) is 0 Å². The molecule has 0 spiro atoms. The van der Waals surface area contributed by atoms with Crippen LogP contribution < -0.4 is 5.73 Å². The molecule has 0 heterocycles. The van der Waals surface area contributed by atoms with Crippen molar-refractivity contribution >= 4 is 5.91 Å². The molecule has 0 aromatic heterocycles. The maximum absolute atomic E-state index is 11.8. The number of hydrogen-bond donors (Lipinski definition) is 1. The molecule has 0 aromatic rings. The molecule has 3 nitrogen and oxygen atoms in total. The van der Waals surface area contributed by atoms with E-state index < -0.39 is 0 Å². The summed E-state index contributed by atoms with van der Waals surface area (Å²) in [5.41, 5.74) is 5.44. The summed E-state index contributed by atoms with van der Waals surface area (Å²) in [6.45, 7) is 0.531. The van der Waals surface area contributed by atoms with E-state index in [1.807, 2.05) is 11.9 Å². The van der Waals surface area contributed by atoms with Gasteiger partial charge in [0.05, 0.1) is 5.41 Å². The number of nitrogens with zero attached hydrogens (tertiary/aromatic N) is 1. The normalized spacial score (nSPS) is 25.2. The highest BCUT2D eigenvalue weighted by Gasteiger charge is 2.51. The zero-order chi connectivity index (χ0) is 8.77. The molecule has 0 radical (unpaired) electrons. The average molecular weight is 168 g/mol. The van der Waals surface area contributed by atoms with E-state index in [1.165, 1.54) is 12.8 Å². The van der Waals surface area contributed by atoms with Crippen LogP contribution in [0.2, 0.25) is 0 Å². The fraction of sp³-hybridized carbons (Fsp3) is 0.889. The quantitative estimate of drug-likeness (QED) is 0.660. The molecule has 2 N–H and O–H groups in total. The maximum Gasteiger partial charge on any atom is 0.230 e. The Morgan fingerprint density at radius 1 is 1.58 bits per heavy atom. The van der Waals surface area contributed by atoms with Crippen molar-refractivity contribution in [1.29, 1.82) is 0 Å². The van der Waals surface area contributed by atoms with Gasteiger partial charge in [-0.15, -0.1) is 0 Å². The lowest BCUT2D eigenvalue weighted by atomic mass is 10.1. The summed E-state index contributed by atoms with van der Waals surface area (Å²) in [6, 6.07) is 0.529. The molecule has 68 valence electrons. The van der Waals surface area contributed by atoms with Crippen LogP contribution in [0.1, 0.15) is 25.7 Å². The van der Waals surface area contributed by atoms with Crippen molar-refractivity contribution in [2.24, 2.45) is 11.1 Å². The highest BCUT2D eigenvalue weighted by molar-refractivity contribution is 5.85. The molecule has 0 atom stereocenters.